The molecule has 1 atom stereocenters. The summed E-state index contributed by atoms with van der Waals surface area (Å²) in [5.74, 6) is -3.25. The Morgan fingerprint density at radius 3 is 2.40 bits per heavy atom. The summed E-state index contributed by atoms with van der Waals surface area (Å²) >= 11 is 0. The molecular formula is C15H19FO4. The molecule has 0 fully saturated rings. The molecule has 0 aromatic heterocycles. The number of carbonyl (C=O) groups excluding carboxylic acids is 1. The van der Waals surface area contributed by atoms with Crippen LogP contribution in [0.25, 0.3) is 0 Å². The first-order valence-corrected chi connectivity index (χ1v) is 6.41. The van der Waals surface area contributed by atoms with Gasteiger partial charge in [-0.15, -0.1) is 0 Å². The topological polar surface area (TPSA) is 63.6 Å². The molecule has 1 aromatic carbocycles. The summed E-state index contributed by atoms with van der Waals surface area (Å²) in [6.45, 7) is 7.61. The monoisotopic (exact) mass is 282 g/mol. The van der Waals surface area contributed by atoms with Crippen LogP contribution in [-0.4, -0.2) is 23.1 Å². The lowest BCUT2D eigenvalue weighted by atomic mass is 9.87. The van der Waals surface area contributed by atoms with Crippen LogP contribution in [0.15, 0.2) is 18.2 Å². The smallest absolute Gasteiger partial charge is 0.339 e. The van der Waals surface area contributed by atoms with Crippen LogP contribution in [0.3, 0.4) is 0 Å². The standard InChI is InChI=1S/C15H19FO4/c1-5-11(15(2,3)4)20-14(19)9-7-6-8-10(16)12(9)13(17)18/h6-8,11H,5H2,1-4H3,(H,17,18). The summed E-state index contributed by atoms with van der Waals surface area (Å²) in [5, 5.41) is 9.00. The van der Waals surface area contributed by atoms with Gasteiger partial charge >= 0.3 is 11.9 Å². The minimum absolute atomic E-state index is 0.264. The summed E-state index contributed by atoms with van der Waals surface area (Å²) in [5.41, 5.74) is -1.19. The van der Waals surface area contributed by atoms with E-state index in [9.17, 15) is 14.0 Å². The molecule has 0 amide bonds. The molecule has 1 unspecified atom stereocenters. The lowest BCUT2D eigenvalue weighted by Crippen LogP contribution is -2.31. The van der Waals surface area contributed by atoms with E-state index in [1.54, 1.807) is 0 Å². The summed E-state index contributed by atoms with van der Waals surface area (Å²) in [4.78, 5) is 23.1. The predicted molar refractivity (Wildman–Crippen MR) is 72.3 cm³/mol. The maximum absolute atomic E-state index is 13.5. The van der Waals surface area contributed by atoms with Crippen LogP contribution in [0.1, 0.15) is 54.8 Å². The van der Waals surface area contributed by atoms with Crippen molar-refractivity contribution in [3.05, 3.63) is 35.1 Å². The van der Waals surface area contributed by atoms with Crippen LogP contribution in [0.2, 0.25) is 0 Å². The minimum Gasteiger partial charge on any atom is -0.478 e. The fraction of sp³-hybridized carbons (Fsp3) is 0.467. The van der Waals surface area contributed by atoms with E-state index in [4.69, 9.17) is 9.84 Å². The highest BCUT2D eigenvalue weighted by Gasteiger charge is 2.29. The van der Waals surface area contributed by atoms with Gasteiger partial charge in [-0.05, 0) is 24.0 Å². The Morgan fingerprint density at radius 1 is 1.35 bits per heavy atom. The molecule has 0 heterocycles. The third kappa shape index (κ3) is 3.56. The van der Waals surface area contributed by atoms with Crippen molar-refractivity contribution < 1.29 is 23.8 Å². The van der Waals surface area contributed by atoms with E-state index in [-0.39, 0.29) is 17.1 Å². The molecule has 1 rings (SSSR count). The molecule has 0 spiro atoms. The molecule has 0 saturated heterocycles. The summed E-state index contributed by atoms with van der Waals surface area (Å²) in [6, 6.07) is 3.54. The Morgan fingerprint density at radius 2 is 1.95 bits per heavy atom. The van der Waals surface area contributed by atoms with Gasteiger partial charge < -0.3 is 9.84 Å². The Bertz CT molecular complexity index is 517. The average molecular weight is 282 g/mol. The Labute approximate surface area is 117 Å². The SMILES string of the molecule is CCC(OC(=O)c1cccc(F)c1C(=O)O)C(C)(C)C. The van der Waals surface area contributed by atoms with Gasteiger partial charge in [0.2, 0.25) is 0 Å². The maximum Gasteiger partial charge on any atom is 0.339 e. The molecule has 0 aliphatic heterocycles. The molecule has 4 nitrogen and oxygen atoms in total. The van der Waals surface area contributed by atoms with E-state index < -0.39 is 23.3 Å². The number of ether oxygens (including phenoxy) is 1. The summed E-state index contributed by atoms with van der Waals surface area (Å²) in [7, 11) is 0. The summed E-state index contributed by atoms with van der Waals surface area (Å²) in [6.07, 6.45) is 0.215. The molecule has 0 aliphatic rings. The number of carboxylic acids is 1. The van der Waals surface area contributed by atoms with Gasteiger partial charge in [-0.3, -0.25) is 0 Å². The average Bonchev–Trinajstić information content (AvgIpc) is 2.33. The van der Waals surface area contributed by atoms with Crippen molar-refractivity contribution in [3.8, 4) is 0 Å². The number of benzene rings is 1. The normalized spacial score (nSPS) is 12.8. The summed E-state index contributed by atoms with van der Waals surface area (Å²) < 4.78 is 18.9. The van der Waals surface area contributed by atoms with Gasteiger partial charge in [-0.1, -0.05) is 33.8 Å². The van der Waals surface area contributed by atoms with Gasteiger partial charge in [0.15, 0.2) is 0 Å². The Kier molecular flexibility index (Phi) is 4.87. The second kappa shape index (κ2) is 6.03. The molecule has 1 aromatic rings. The molecule has 110 valence electrons. The van der Waals surface area contributed by atoms with E-state index in [1.807, 2.05) is 27.7 Å². The fourth-order valence-corrected chi connectivity index (χ4v) is 1.98. The molecule has 0 saturated carbocycles. The quantitative estimate of drug-likeness (QED) is 0.858. The van der Waals surface area contributed by atoms with Crippen LogP contribution in [-0.2, 0) is 4.74 Å². The molecular weight excluding hydrogens is 263 g/mol. The van der Waals surface area contributed by atoms with Gasteiger partial charge in [0.05, 0.1) is 5.56 Å². The molecule has 1 N–H and O–H groups in total. The van der Waals surface area contributed by atoms with Crippen molar-refractivity contribution in [2.75, 3.05) is 0 Å². The van der Waals surface area contributed by atoms with Gasteiger partial charge in [0.25, 0.3) is 0 Å². The third-order valence-electron chi connectivity index (χ3n) is 3.03. The lowest BCUT2D eigenvalue weighted by Gasteiger charge is -2.29. The van der Waals surface area contributed by atoms with Crippen LogP contribution in [0, 0.1) is 11.2 Å². The number of hydrogen-bond donors (Lipinski definition) is 1. The Balaban J connectivity index is 3.10. The van der Waals surface area contributed by atoms with Crippen LogP contribution >= 0.6 is 0 Å². The molecule has 0 radical (unpaired) electrons. The zero-order valence-corrected chi connectivity index (χ0v) is 12.1. The highest BCUT2D eigenvalue weighted by molar-refractivity contribution is 6.02. The number of aromatic carboxylic acids is 1. The second-order valence-corrected chi connectivity index (χ2v) is 5.64. The first kappa shape index (κ1) is 16.1. The largest absolute Gasteiger partial charge is 0.478 e. The van der Waals surface area contributed by atoms with E-state index in [0.29, 0.717) is 6.42 Å². The van der Waals surface area contributed by atoms with E-state index in [0.717, 1.165) is 6.07 Å². The lowest BCUT2D eigenvalue weighted by molar-refractivity contribution is -0.00433. The molecule has 0 aliphatic carbocycles. The second-order valence-electron chi connectivity index (χ2n) is 5.64. The zero-order chi connectivity index (χ0) is 15.5. The van der Waals surface area contributed by atoms with Crippen molar-refractivity contribution in [2.24, 2.45) is 5.41 Å². The first-order chi connectivity index (χ1) is 9.18. The molecule has 20 heavy (non-hydrogen) atoms. The first-order valence-electron chi connectivity index (χ1n) is 6.41. The number of hydrogen-bond acceptors (Lipinski definition) is 3. The zero-order valence-electron chi connectivity index (χ0n) is 12.1. The predicted octanol–water partition coefficient (Wildman–Crippen LogP) is 3.51. The van der Waals surface area contributed by atoms with Gasteiger partial charge in [-0.25, -0.2) is 14.0 Å². The molecule has 5 heteroatoms. The van der Waals surface area contributed by atoms with Crippen molar-refractivity contribution in [2.45, 2.75) is 40.2 Å². The maximum atomic E-state index is 13.5. The number of halogens is 1. The fourth-order valence-electron chi connectivity index (χ4n) is 1.98. The highest BCUT2D eigenvalue weighted by Crippen LogP contribution is 2.26. The number of carbonyl (C=O) groups is 2. The van der Waals surface area contributed by atoms with Crippen LogP contribution < -0.4 is 0 Å². The van der Waals surface area contributed by atoms with Crippen molar-refractivity contribution in [1.82, 2.24) is 0 Å². The van der Waals surface area contributed by atoms with Crippen molar-refractivity contribution >= 4 is 11.9 Å². The number of esters is 1. The van der Waals surface area contributed by atoms with Crippen LogP contribution in [0.4, 0.5) is 4.39 Å². The van der Waals surface area contributed by atoms with Gasteiger partial charge in [-0.2, -0.15) is 0 Å². The Hall–Kier alpha value is -1.91. The van der Waals surface area contributed by atoms with Crippen LogP contribution in [0.5, 0.6) is 0 Å². The third-order valence-corrected chi connectivity index (χ3v) is 3.03. The van der Waals surface area contributed by atoms with Crippen molar-refractivity contribution in [3.63, 3.8) is 0 Å². The van der Waals surface area contributed by atoms with E-state index in [2.05, 4.69) is 0 Å². The minimum atomic E-state index is -1.49. The van der Waals surface area contributed by atoms with Gasteiger partial charge in [0.1, 0.15) is 17.5 Å². The van der Waals surface area contributed by atoms with Gasteiger partial charge in [0, 0.05) is 0 Å². The number of rotatable bonds is 4. The highest BCUT2D eigenvalue weighted by atomic mass is 19.1. The number of carboxylic acid groups (broad SMARTS) is 1. The van der Waals surface area contributed by atoms with E-state index >= 15 is 0 Å². The van der Waals surface area contributed by atoms with Crippen molar-refractivity contribution in [1.29, 1.82) is 0 Å². The molecule has 0 bridgehead atoms. The van der Waals surface area contributed by atoms with E-state index in [1.165, 1.54) is 12.1 Å².